The SMILES string of the molecule is CCc1nncn1CCNC(=NCc1ccccc1C)NC1CCc2ccccc2C1.I. The molecular weight excluding hydrogens is 511 g/mol. The van der Waals surface area contributed by atoms with Crippen molar-refractivity contribution in [2.24, 2.45) is 4.99 Å². The smallest absolute Gasteiger partial charge is 0.191 e. The number of nitrogens with zero attached hydrogens (tertiary/aromatic N) is 4. The number of hydrogen-bond donors (Lipinski definition) is 2. The lowest BCUT2D eigenvalue weighted by molar-refractivity contribution is 0.517. The van der Waals surface area contributed by atoms with Crippen molar-refractivity contribution in [1.29, 1.82) is 0 Å². The highest BCUT2D eigenvalue weighted by Crippen LogP contribution is 2.21. The van der Waals surface area contributed by atoms with Gasteiger partial charge in [-0.3, -0.25) is 0 Å². The minimum atomic E-state index is 0. The number of nitrogens with one attached hydrogen (secondary N) is 2. The quantitative estimate of drug-likeness (QED) is 0.268. The van der Waals surface area contributed by atoms with Gasteiger partial charge in [-0.25, -0.2) is 4.99 Å². The van der Waals surface area contributed by atoms with Crippen molar-refractivity contribution in [3.8, 4) is 0 Å². The molecular formula is C25H33IN6. The maximum atomic E-state index is 4.92. The third-order valence-electron chi connectivity index (χ3n) is 6.01. The second-order valence-corrected chi connectivity index (χ2v) is 8.16. The van der Waals surface area contributed by atoms with Crippen molar-refractivity contribution in [1.82, 2.24) is 25.4 Å². The molecule has 2 N–H and O–H groups in total. The van der Waals surface area contributed by atoms with E-state index in [0.717, 1.165) is 50.6 Å². The first-order chi connectivity index (χ1) is 15.2. The third kappa shape index (κ3) is 6.31. The van der Waals surface area contributed by atoms with Crippen LogP contribution in [-0.4, -0.2) is 33.3 Å². The largest absolute Gasteiger partial charge is 0.355 e. The number of aliphatic imine (C=N–C) groups is 1. The molecule has 1 unspecified atom stereocenters. The summed E-state index contributed by atoms with van der Waals surface area (Å²) in [6.07, 6.45) is 5.95. The zero-order valence-corrected chi connectivity index (χ0v) is 21.3. The van der Waals surface area contributed by atoms with Crippen LogP contribution < -0.4 is 10.6 Å². The first kappa shape index (κ1) is 24.2. The lowest BCUT2D eigenvalue weighted by Crippen LogP contribution is -2.46. The molecule has 1 atom stereocenters. The number of hydrogen-bond acceptors (Lipinski definition) is 3. The summed E-state index contributed by atoms with van der Waals surface area (Å²) < 4.78 is 2.10. The molecule has 32 heavy (non-hydrogen) atoms. The Hall–Kier alpha value is -2.42. The predicted molar refractivity (Wildman–Crippen MR) is 141 cm³/mol. The van der Waals surface area contributed by atoms with Crippen molar-refractivity contribution in [2.75, 3.05) is 6.54 Å². The Morgan fingerprint density at radius 2 is 1.91 bits per heavy atom. The maximum absolute atomic E-state index is 4.92. The van der Waals surface area contributed by atoms with E-state index in [1.165, 1.54) is 22.3 Å². The van der Waals surface area contributed by atoms with Crippen LogP contribution in [0.3, 0.4) is 0 Å². The zero-order chi connectivity index (χ0) is 21.5. The third-order valence-corrected chi connectivity index (χ3v) is 6.01. The van der Waals surface area contributed by atoms with E-state index >= 15 is 0 Å². The Bertz CT molecular complexity index is 1030. The van der Waals surface area contributed by atoms with E-state index in [-0.39, 0.29) is 24.0 Å². The first-order valence-electron chi connectivity index (χ1n) is 11.3. The topological polar surface area (TPSA) is 67.1 Å². The normalized spacial score (nSPS) is 15.6. The van der Waals surface area contributed by atoms with E-state index in [1.54, 1.807) is 6.33 Å². The van der Waals surface area contributed by atoms with Crippen LogP contribution in [0.15, 0.2) is 59.9 Å². The molecule has 0 aliphatic heterocycles. The Morgan fingerprint density at radius 3 is 2.72 bits per heavy atom. The predicted octanol–water partition coefficient (Wildman–Crippen LogP) is 4.06. The fourth-order valence-corrected chi connectivity index (χ4v) is 4.15. The van der Waals surface area contributed by atoms with Crippen LogP contribution in [-0.2, 0) is 32.4 Å². The number of guanidine groups is 1. The number of fused-ring (bicyclic) bond motifs is 1. The summed E-state index contributed by atoms with van der Waals surface area (Å²) >= 11 is 0. The van der Waals surface area contributed by atoms with Gasteiger partial charge in [-0.2, -0.15) is 0 Å². The van der Waals surface area contributed by atoms with Gasteiger partial charge in [0.2, 0.25) is 0 Å². The molecule has 1 aliphatic rings. The van der Waals surface area contributed by atoms with Crippen molar-refractivity contribution >= 4 is 29.9 Å². The van der Waals surface area contributed by atoms with E-state index in [0.29, 0.717) is 12.6 Å². The first-order valence-corrected chi connectivity index (χ1v) is 11.3. The van der Waals surface area contributed by atoms with Crippen LogP contribution in [0.4, 0.5) is 0 Å². The number of halogens is 1. The van der Waals surface area contributed by atoms with Crippen molar-refractivity contribution in [3.63, 3.8) is 0 Å². The Labute approximate surface area is 208 Å². The summed E-state index contributed by atoms with van der Waals surface area (Å²) in [5, 5.41) is 15.4. The highest BCUT2D eigenvalue weighted by molar-refractivity contribution is 14.0. The fraction of sp³-hybridized carbons (Fsp3) is 0.400. The van der Waals surface area contributed by atoms with Crippen LogP contribution in [0.1, 0.15) is 41.4 Å². The van der Waals surface area contributed by atoms with Crippen molar-refractivity contribution in [3.05, 3.63) is 82.9 Å². The standard InChI is InChI=1S/C25H32N6.HI/c1-3-24-30-28-18-31(24)15-14-26-25(27-17-22-11-5-4-8-19(22)2)29-23-13-12-20-9-6-7-10-21(20)16-23;/h4-11,18,23H,3,12-17H2,1-2H3,(H2,26,27,29);1H. The van der Waals surface area contributed by atoms with E-state index in [1.807, 2.05) is 0 Å². The number of aryl methyl sites for hydroxylation is 3. The van der Waals surface area contributed by atoms with Crippen molar-refractivity contribution in [2.45, 2.75) is 58.7 Å². The van der Waals surface area contributed by atoms with Gasteiger partial charge in [0.05, 0.1) is 6.54 Å². The van der Waals surface area contributed by atoms with E-state index in [2.05, 4.69) is 87.8 Å². The second-order valence-electron chi connectivity index (χ2n) is 8.16. The Kier molecular flexibility index (Phi) is 9.08. The second kappa shape index (κ2) is 12.0. The molecule has 1 heterocycles. The summed E-state index contributed by atoms with van der Waals surface area (Å²) in [7, 11) is 0. The van der Waals surface area contributed by atoms with Gasteiger partial charge in [0, 0.05) is 25.6 Å². The Morgan fingerprint density at radius 1 is 1.12 bits per heavy atom. The molecule has 0 fully saturated rings. The van der Waals surface area contributed by atoms with Gasteiger partial charge in [-0.05, 0) is 48.4 Å². The number of benzene rings is 2. The molecule has 0 spiro atoms. The molecule has 7 heteroatoms. The average Bonchev–Trinajstić information content (AvgIpc) is 3.25. The molecule has 1 aliphatic carbocycles. The number of rotatable bonds is 7. The molecule has 0 bridgehead atoms. The molecule has 0 saturated heterocycles. The molecule has 0 amide bonds. The van der Waals surface area contributed by atoms with Gasteiger partial charge in [0.1, 0.15) is 12.2 Å². The lowest BCUT2D eigenvalue weighted by atomic mass is 9.88. The van der Waals surface area contributed by atoms with Crippen molar-refractivity contribution < 1.29 is 0 Å². The summed E-state index contributed by atoms with van der Waals surface area (Å²) in [5.74, 6) is 1.89. The maximum Gasteiger partial charge on any atom is 0.191 e. The molecule has 0 radical (unpaired) electrons. The van der Waals surface area contributed by atoms with E-state index < -0.39 is 0 Å². The lowest BCUT2D eigenvalue weighted by Gasteiger charge is -2.27. The summed E-state index contributed by atoms with van der Waals surface area (Å²) in [6, 6.07) is 17.6. The number of aromatic nitrogens is 3. The van der Waals surface area contributed by atoms with Crippen LogP contribution in [0, 0.1) is 6.92 Å². The molecule has 3 aromatic rings. The summed E-state index contributed by atoms with van der Waals surface area (Å²) in [6.45, 7) is 6.49. The zero-order valence-electron chi connectivity index (χ0n) is 18.9. The minimum Gasteiger partial charge on any atom is -0.355 e. The highest BCUT2D eigenvalue weighted by atomic mass is 127. The van der Waals surface area contributed by atoms with E-state index in [4.69, 9.17) is 4.99 Å². The average molecular weight is 544 g/mol. The van der Waals surface area contributed by atoms with Crippen LogP contribution in [0.5, 0.6) is 0 Å². The molecule has 0 saturated carbocycles. The van der Waals surface area contributed by atoms with Crippen LogP contribution >= 0.6 is 24.0 Å². The molecule has 6 nitrogen and oxygen atoms in total. The van der Waals surface area contributed by atoms with Gasteiger partial charge < -0.3 is 15.2 Å². The highest BCUT2D eigenvalue weighted by Gasteiger charge is 2.19. The monoisotopic (exact) mass is 544 g/mol. The molecule has 170 valence electrons. The van der Waals surface area contributed by atoms with Gasteiger partial charge in [-0.15, -0.1) is 34.2 Å². The van der Waals surface area contributed by atoms with Gasteiger partial charge in [-0.1, -0.05) is 55.5 Å². The Balaban J connectivity index is 0.00000289. The van der Waals surface area contributed by atoms with Crippen LogP contribution in [0.25, 0.3) is 0 Å². The fourth-order valence-electron chi connectivity index (χ4n) is 4.15. The molecule has 1 aromatic heterocycles. The van der Waals surface area contributed by atoms with Gasteiger partial charge in [0.15, 0.2) is 5.96 Å². The van der Waals surface area contributed by atoms with Gasteiger partial charge in [0.25, 0.3) is 0 Å². The summed E-state index contributed by atoms with van der Waals surface area (Å²) in [5.41, 5.74) is 5.45. The van der Waals surface area contributed by atoms with E-state index in [9.17, 15) is 0 Å². The minimum absolute atomic E-state index is 0. The molecule has 4 rings (SSSR count). The summed E-state index contributed by atoms with van der Waals surface area (Å²) in [4.78, 5) is 4.92. The molecule has 2 aromatic carbocycles. The van der Waals surface area contributed by atoms with Crippen LogP contribution in [0.2, 0.25) is 0 Å². The van der Waals surface area contributed by atoms with Gasteiger partial charge >= 0.3 is 0 Å².